The van der Waals surface area contributed by atoms with Crippen molar-refractivity contribution in [3.63, 3.8) is 0 Å². The Labute approximate surface area is 205 Å². The summed E-state index contributed by atoms with van der Waals surface area (Å²) in [6.07, 6.45) is 7.72. The van der Waals surface area contributed by atoms with Crippen LogP contribution < -0.4 is 0 Å². The minimum absolute atomic E-state index is 0.149. The molecule has 2 aliphatic heterocycles. The minimum Gasteiger partial charge on any atom is -0.480 e. The Kier molecular flexibility index (Phi) is 5.87. The number of sulfone groups is 2. The molecule has 0 unspecified atom stereocenters. The molecule has 1 saturated heterocycles. The van der Waals surface area contributed by atoms with Crippen LogP contribution in [0.3, 0.4) is 0 Å². The first-order valence-corrected chi connectivity index (χ1v) is 14.9. The molecule has 3 fully saturated rings. The van der Waals surface area contributed by atoms with Crippen molar-refractivity contribution in [3.05, 3.63) is 63.8 Å². The molecule has 2 saturated carbocycles. The molecular weight excluding hydrogens is 492 g/mol. The Bertz CT molecular complexity index is 1340. The van der Waals surface area contributed by atoms with Gasteiger partial charge in [-0.1, -0.05) is 43.2 Å². The van der Waals surface area contributed by atoms with Crippen molar-refractivity contribution >= 4 is 31.2 Å². The third kappa shape index (κ3) is 3.72. The van der Waals surface area contributed by atoms with Crippen molar-refractivity contribution < 1.29 is 36.2 Å². The number of rotatable bonds is 3. The molecule has 188 valence electrons. The van der Waals surface area contributed by atoms with Crippen LogP contribution in [-0.4, -0.2) is 37.8 Å². The molecule has 10 heteroatoms. The fourth-order valence-electron chi connectivity index (χ4n) is 5.50. The second-order valence-corrected chi connectivity index (χ2v) is 14.0. The van der Waals surface area contributed by atoms with Gasteiger partial charge in [-0.15, -0.1) is 0 Å². The summed E-state index contributed by atoms with van der Waals surface area (Å²) >= 11 is 0. The summed E-state index contributed by atoms with van der Waals surface area (Å²) < 4.78 is 64.9. The first kappa shape index (κ1) is 24.1. The number of carbonyl (C=O) groups excluding carboxylic acids is 1. The molecule has 0 atom stereocenters. The quantitative estimate of drug-likeness (QED) is 0.459. The van der Waals surface area contributed by atoms with E-state index in [2.05, 4.69) is 0 Å². The van der Waals surface area contributed by atoms with E-state index in [1.165, 1.54) is 6.08 Å². The third-order valence-corrected chi connectivity index (χ3v) is 12.1. The van der Waals surface area contributed by atoms with Crippen LogP contribution in [0.2, 0.25) is 0 Å². The molecule has 1 aromatic rings. The highest BCUT2D eigenvalue weighted by Crippen LogP contribution is 2.48. The molecule has 2 heterocycles. The lowest BCUT2D eigenvalue weighted by Gasteiger charge is -2.31. The number of benzene rings is 1. The average Bonchev–Trinajstić information content (AvgIpc) is 3.12. The molecule has 8 nitrogen and oxygen atoms in total. The van der Waals surface area contributed by atoms with E-state index in [9.17, 15) is 26.7 Å². The molecule has 5 rings (SSSR count). The Morgan fingerprint density at radius 3 is 1.91 bits per heavy atom. The maximum atomic E-state index is 13.5. The van der Waals surface area contributed by atoms with Crippen LogP contribution >= 0.6 is 0 Å². The van der Waals surface area contributed by atoms with Gasteiger partial charge in [0.05, 0.1) is 0 Å². The van der Waals surface area contributed by atoms with E-state index in [0.29, 0.717) is 31.2 Å². The number of hydrogen-bond donors (Lipinski definition) is 1. The molecule has 0 amide bonds. The van der Waals surface area contributed by atoms with Gasteiger partial charge in [-0.05, 0) is 49.0 Å². The van der Waals surface area contributed by atoms with Crippen molar-refractivity contribution in [3.8, 4) is 0 Å². The van der Waals surface area contributed by atoms with Crippen molar-refractivity contribution in [2.45, 2.75) is 74.1 Å². The summed E-state index contributed by atoms with van der Waals surface area (Å²) in [5.74, 6) is -1.65. The average molecular weight is 521 g/mol. The van der Waals surface area contributed by atoms with E-state index in [4.69, 9.17) is 9.47 Å². The van der Waals surface area contributed by atoms with Crippen molar-refractivity contribution in [1.82, 2.24) is 0 Å². The maximum absolute atomic E-state index is 13.5. The zero-order chi connectivity index (χ0) is 24.9. The van der Waals surface area contributed by atoms with Crippen LogP contribution in [0.25, 0.3) is 5.57 Å². The van der Waals surface area contributed by atoms with Gasteiger partial charge in [0.1, 0.15) is 0 Å². The number of ether oxygens (including phenoxy) is 2. The topological polar surface area (TPSA) is 124 Å². The van der Waals surface area contributed by atoms with Gasteiger partial charge >= 0.3 is 5.97 Å². The summed E-state index contributed by atoms with van der Waals surface area (Å²) in [4.78, 5) is 8.81. The maximum Gasteiger partial charge on any atom is 0.351 e. The van der Waals surface area contributed by atoms with Gasteiger partial charge in [-0.25, -0.2) is 21.6 Å². The van der Waals surface area contributed by atoms with Crippen molar-refractivity contribution in [1.29, 1.82) is 0 Å². The standard InChI is InChI=1S/C25H28O8S2/c26-22-20(34(28,29)24(32-22)12-6-2-7-13-24)16-19(18-10-4-1-5-11-18)17-21-23(27)33-25(35(21,30)31)14-8-3-9-15-25/h1,4-5,10-11,16-17,26H,2-3,6-9,12-15H2/b19-16+,21-17+. The smallest absolute Gasteiger partial charge is 0.351 e. The van der Waals surface area contributed by atoms with Gasteiger partial charge in [0.15, 0.2) is 9.81 Å². The Balaban J connectivity index is 1.63. The highest BCUT2D eigenvalue weighted by molar-refractivity contribution is 7.98. The monoisotopic (exact) mass is 520 g/mol. The second-order valence-electron chi connectivity index (χ2n) is 9.58. The third-order valence-electron chi connectivity index (χ3n) is 7.44. The van der Waals surface area contributed by atoms with E-state index in [0.717, 1.165) is 18.9 Å². The highest BCUT2D eigenvalue weighted by Gasteiger charge is 2.58. The number of hydrogen-bond acceptors (Lipinski definition) is 8. The van der Waals surface area contributed by atoms with E-state index in [1.54, 1.807) is 30.3 Å². The van der Waals surface area contributed by atoms with E-state index in [-0.39, 0.29) is 31.3 Å². The molecule has 2 spiro atoms. The van der Waals surface area contributed by atoms with Crippen LogP contribution in [0.4, 0.5) is 0 Å². The predicted molar refractivity (Wildman–Crippen MR) is 129 cm³/mol. The first-order chi connectivity index (χ1) is 16.6. The lowest BCUT2D eigenvalue weighted by atomic mass is 9.97. The number of aliphatic hydroxyl groups is 1. The second kappa shape index (κ2) is 8.51. The van der Waals surface area contributed by atoms with Crippen molar-refractivity contribution in [2.75, 3.05) is 0 Å². The summed E-state index contributed by atoms with van der Waals surface area (Å²) in [5.41, 5.74) is 0.628. The highest BCUT2D eigenvalue weighted by atomic mass is 32.2. The molecule has 0 bridgehead atoms. The normalized spacial score (nSPS) is 27.8. The Morgan fingerprint density at radius 1 is 0.800 bits per heavy atom. The largest absolute Gasteiger partial charge is 0.480 e. The lowest BCUT2D eigenvalue weighted by Crippen LogP contribution is -2.39. The summed E-state index contributed by atoms with van der Waals surface area (Å²) in [6.45, 7) is 0. The van der Waals surface area contributed by atoms with E-state index in [1.807, 2.05) is 0 Å². The molecular formula is C25H28O8S2. The number of esters is 1. The van der Waals surface area contributed by atoms with Crippen LogP contribution in [-0.2, 0) is 33.9 Å². The van der Waals surface area contributed by atoms with Gasteiger partial charge in [-0.3, -0.25) is 0 Å². The lowest BCUT2D eigenvalue weighted by molar-refractivity contribution is -0.145. The number of allylic oxidation sites excluding steroid dienone is 3. The molecule has 0 aromatic heterocycles. The van der Waals surface area contributed by atoms with Crippen molar-refractivity contribution in [2.24, 2.45) is 0 Å². The number of aliphatic hydroxyl groups excluding tert-OH is 1. The summed E-state index contributed by atoms with van der Waals surface area (Å²) in [5, 5.41) is 10.6. The van der Waals surface area contributed by atoms with E-state index < -0.39 is 51.3 Å². The summed E-state index contributed by atoms with van der Waals surface area (Å²) in [7, 11) is -8.19. The predicted octanol–water partition coefficient (Wildman–Crippen LogP) is 4.42. The molecule has 0 radical (unpaired) electrons. The molecule has 2 aliphatic carbocycles. The molecule has 1 aromatic carbocycles. The number of carbonyl (C=O) groups is 1. The van der Waals surface area contributed by atoms with Gasteiger partial charge in [0, 0.05) is 25.7 Å². The SMILES string of the molecule is O=C1OC2(CCCCC2)S(=O)(=O)/C1=C/C(=C\C1=C(O)OC2(CCCCC2)S1(=O)=O)c1ccccc1. The van der Waals surface area contributed by atoms with Gasteiger partial charge in [0.25, 0.3) is 5.95 Å². The van der Waals surface area contributed by atoms with Gasteiger partial charge in [-0.2, -0.15) is 0 Å². The zero-order valence-corrected chi connectivity index (χ0v) is 20.9. The van der Waals surface area contributed by atoms with Gasteiger partial charge < -0.3 is 14.6 Å². The molecule has 4 aliphatic rings. The zero-order valence-electron chi connectivity index (χ0n) is 19.2. The minimum atomic E-state index is -4.12. The van der Waals surface area contributed by atoms with E-state index >= 15 is 0 Å². The first-order valence-electron chi connectivity index (χ1n) is 12.0. The van der Waals surface area contributed by atoms with Crippen LogP contribution in [0.5, 0.6) is 0 Å². The van der Waals surface area contributed by atoms with Crippen LogP contribution in [0.1, 0.15) is 69.8 Å². The van der Waals surface area contributed by atoms with Gasteiger partial charge in [0.2, 0.25) is 29.5 Å². The van der Waals surface area contributed by atoms with Crippen LogP contribution in [0.15, 0.2) is 58.2 Å². The Hall–Kier alpha value is -2.59. The molecule has 1 N–H and O–H groups in total. The Morgan fingerprint density at radius 2 is 1.34 bits per heavy atom. The fourth-order valence-corrected chi connectivity index (χ4v) is 9.43. The fraction of sp³-hybridized carbons (Fsp3) is 0.480. The van der Waals surface area contributed by atoms with Crippen LogP contribution in [0, 0.1) is 0 Å². The summed E-state index contributed by atoms with van der Waals surface area (Å²) in [6, 6.07) is 8.52. The molecule has 35 heavy (non-hydrogen) atoms.